The van der Waals surface area contributed by atoms with Gasteiger partial charge >= 0.3 is 0 Å². The van der Waals surface area contributed by atoms with Crippen molar-refractivity contribution in [3.63, 3.8) is 0 Å². The molecule has 100 valence electrons. The van der Waals surface area contributed by atoms with Crippen LogP contribution in [0.2, 0.25) is 0 Å². The summed E-state index contributed by atoms with van der Waals surface area (Å²) in [4.78, 5) is 16.3. The first kappa shape index (κ1) is 13.3. The maximum atomic E-state index is 12.2. The topological polar surface area (TPSA) is 88.2 Å². The predicted molar refractivity (Wildman–Crippen MR) is 74.8 cm³/mol. The third-order valence-electron chi connectivity index (χ3n) is 2.90. The number of nitrogen functional groups attached to an aromatic ring is 1. The fourth-order valence-corrected chi connectivity index (χ4v) is 1.82. The minimum Gasteiger partial charge on any atom is -0.398 e. The Morgan fingerprint density at radius 1 is 1.37 bits per heavy atom. The summed E-state index contributed by atoms with van der Waals surface area (Å²) in [5.41, 5.74) is 6.10. The molecule has 0 unspecified atom stereocenters. The summed E-state index contributed by atoms with van der Waals surface area (Å²) in [5.74, 6) is -0.324. The SMILES string of the molecule is CC(C)(CO)NC(=O)c1nccc2c(N)cccc12. The Hall–Kier alpha value is -2.14. The average molecular weight is 259 g/mol. The lowest BCUT2D eigenvalue weighted by molar-refractivity contribution is 0.0866. The molecule has 0 fully saturated rings. The van der Waals surface area contributed by atoms with Gasteiger partial charge in [0.05, 0.1) is 12.1 Å². The highest BCUT2D eigenvalue weighted by molar-refractivity contribution is 6.08. The molecule has 1 aromatic carbocycles. The number of aliphatic hydroxyl groups is 1. The van der Waals surface area contributed by atoms with E-state index in [9.17, 15) is 9.90 Å². The minimum atomic E-state index is -0.693. The molecule has 0 saturated carbocycles. The van der Waals surface area contributed by atoms with Crippen molar-refractivity contribution in [2.24, 2.45) is 0 Å². The molecule has 0 saturated heterocycles. The van der Waals surface area contributed by atoms with Crippen LogP contribution in [0.1, 0.15) is 24.3 Å². The van der Waals surface area contributed by atoms with Crippen LogP contribution < -0.4 is 11.1 Å². The van der Waals surface area contributed by atoms with Crippen LogP contribution in [-0.2, 0) is 0 Å². The largest absolute Gasteiger partial charge is 0.398 e. The fourth-order valence-electron chi connectivity index (χ4n) is 1.82. The Morgan fingerprint density at radius 3 is 2.79 bits per heavy atom. The van der Waals surface area contributed by atoms with Crippen molar-refractivity contribution in [1.82, 2.24) is 10.3 Å². The monoisotopic (exact) mass is 259 g/mol. The number of carbonyl (C=O) groups excluding carboxylic acids is 1. The van der Waals surface area contributed by atoms with Gasteiger partial charge in [-0.25, -0.2) is 0 Å². The summed E-state index contributed by atoms with van der Waals surface area (Å²) in [5, 5.41) is 13.4. The number of hydrogen-bond acceptors (Lipinski definition) is 4. The Labute approximate surface area is 111 Å². The van der Waals surface area contributed by atoms with E-state index in [1.807, 2.05) is 0 Å². The lowest BCUT2D eigenvalue weighted by atomic mass is 10.0. The van der Waals surface area contributed by atoms with Crippen LogP contribution in [0.5, 0.6) is 0 Å². The first-order valence-corrected chi connectivity index (χ1v) is 6.01. The second-order valence-electron chi connectivity index (χ2n) is 5.10. The Balaban J connectivity index is 2.46. The third kappa shape index (κ3) is 2.66. The van der Waals surface area contributed by atoms with E-state index in [2.05, 4.69) is 10.3 Å². The Kier molecular flexibility index (Phi) is 3.40. The normalized spacial score (nSPS) is 11.5. The van der Waals surface area contributed by atoms with Crippen molar-refractivity contribution >= 4 is 22.4 Å². The van der Waals surface area contributed by atoms with Crippen LogP contribution >= 0.6 is 0 Å². The molecule has 5 heteroatoms. The number of nitrogens with two attached hydrogens (primary N) is 1. The van der Waals surface area contributed by atoms with Crippen molar-refractivity contribution in [1.29, 1.82) is 0 Å². The lowest BCUT2D eigenvalue weighted by Gasteiger charge is -2.23. The van der Waals surface area contributed by atoms with Crippen LogP contribution in [0.4, 0.5) is 5.69 Å². The second-order valence-corrected chi connectivity index (χ2v) is 5.10. The zero-order chi connectivity index (χ0) is 14.0. The molecule has 19 heavy (non-hydrogen) atoms. The van der Waals surface area contributed by atoms with E-state index < -0.39 is 5.54 Å². The van der Waals surface area contributed by atoms with Gasteiger partial charge in [0.2, 0.25) is 0 Å². The van der Waals surface area contributed by atoms with Crippen molar-refractivity contribution in [2.45, 2.75) is 19.4 Å². The number of carbonyl (C=O) groups is 1. The standard InChI is InChI=1S/C14H17N3O2/c1-14(2,8-18)17-13(19)12-10-4-3-5-11(15)9(10)6-7-16-12/h3-7,18H,8,15H2,1-2H3,(H,17,19). The summed E-state index contributed by atoms with van der Waals surface area (Å²) in [6.45, 7) is 3.33. The van der Waals surface area contributed by atoms with Crippen LogP contribution in [0, 0.1) is 0 Å². The summed E-state index contributed by atoms with van der Waals surface area (Å²) >= 11 is 0. The molecule has 2 rings (SSSR count). The maximum Gasteiger partial charge on any atom is 0.271 e. The van der Waals surface area contributed by atoms with Gasteiger partial charge < -0.3 is 16.2 Å². The molecule has 0 aliphatic rings. The van der Waals surface area contributed by atoms with Crippen molar-refractivity contribution < 1.29 is 9.90 Å². The zero-order valence-electron chi connectivity index (χ0n) is 11.0. The second kappa shape index (κ2) is 4.85. The number of nitrogens with zero attached hydrogens (tertiary/aromatic N) is 1. The number of benzene rings is 1. The van der Waals surface area contributed by atoms with E-state index in [0.717, 1.165) is 5.39 Å². The number of pyridine rings is 1. The maximum absolute atomic E-state index is 12.2. The van der Waals surface area contributed by atoms with Crippen molar-refractivity contribution in [3.8, 4) is 0 Å². The fraction of sp³-hybridized carbons (Fsp3) is 0.286. The highest BCUT2D eigenvalue weighted by Gasteiger charge is 2.22. The molecule has 0 atom stereocenters. The number of fused-ring (bicyclic) bond motifs is 1. The molecule has 0 aliphatic carbocycles. The number of nitrogens with one attached hydrogen (secondary N) is 1. The van der Waals surface area contributed by atoms with Gasteiger partial charge in [0.1, 0.15) is 5.69 Å². The molecule has 1 aromatic heterocycles. The van der Waals surface area contributed by atoms with E-state index in [0.29, 0.717) is 16.8 Å². The molecular formula is C14H17N3O2. The van der Waals surface area contributed by atoms with Gasteiger partial charge in [0.15, 0.2) is 0 Å². The number of aliphatic hydroxyl groups excluding tert-OH is 1. The van der Waals surface area contributed by atoms with Gasteiger partial charge in [-0.1, -0.05) is 12.1 Å². The first-order chi connectivity index (χ1) is 8.94. The van der Waals surface area contributed by atoms with Crippen LogP contribution in [0.3, 0.4) is 0 Å². The van der Waals surface area contributed by atoms with E-state index in [1.165, 1.54) is 0 Å². The summed E-state index contributed by atoms with van der Waals surface area (Å²) in [7, 11) is 0. The summed E-state index contributed by atoms with van der Waals surface area (Å²) < 4.78 is 0. The van der Waals surface area contributed by atoms with Gasteiger partial charge in [-0.15, -0.1) is 0 Å². The molecule has 4 N–H and O–H groups in total. The molecule has 0 aliphatic heterocycles. The number of anilines is 1. The van der Waals surface area contributed by atoms with Gasteiger partial charge in [-0.3, -0.25) is 9.78 Å². The quantitative estimate of drug-likeness (QED) is 0.725. The average Bonchev–Trinajstić information content (AvgIpc) is 2.38. The van der Waals surface area contributed by atoms with E-state index >= 15 is 0 Å². The number of hydrogen-bond donors (Lipinski definition) is 3. The number of rotatable bonds is 3. The molecule has 2 aromatic rings. The predicted octanol–water partition coefficient (Wildman–Crippen LogP) is 1.32. The smallest absolute Gasteiger partial charge is 0.271 e. The van der Waals surface area contributed by atoms with Crippen LogP contribution in [0.25, 0.3) is 10.8 Å². The molecule has 1 amide bonds. The van der Waals surface area contributed by atoms with Crippen LogP contribution in [-0.4, -0.2) is 28.1 Å². The molecule has 0 spiro atoms. The Morgan fingerprint density at radius 2 is 2.11 bits per heavy atom. The van der Waals surface area contributed by atoms with Crippen LogP contribution in [0.15, 0.2) is 30.5 Å². The molecular weight excluding hydrogens is 242 g/mol. The molecule has 0 bridgehead atoms. The van der Waals surface area contributed by atoms with Gasteiger partial charge in [0.25, 0.3) is 5.91 Å². The highest BCUT2D eigenvalue weighted by Crippen LogP contribution is 2.22. The zero-order valence-corrected chi connectivity index (χ0v) is 11.0. The summed E-state index contributed by atoms with van der Waals surface area (Å²) in [6, 6.07) is 7.15. The van der Waals surface area contributed by atoms with Gasteiger partial charge in [0, 0.05) is 22.7 Å². The van der Waals surface area contributed by atoms with Gasteiger partial charge in [-0.05, 0) is 26.0 Å². The van der Waals surface area contributed by atoms with Crippen molar-refractivity contribution in [2.75, 3.05) is 12.3 Å². The minimum absolute atomic E-state index is 0.147. The number of aromatic nitrogens is 1. The molecule has 0 radical (unpaired) electrons. The molecule has 5 nitrogen and oxygen atoms in total. The third-order valence-corrected chi connectivity index (χ3v) is 2.90. The summed E-state index contributed by atoms with van der Waals surface area (Å²) in [6.07, 6.45) is 1.56. The Bertz CT molecular complexity index is 623. The number of amides is 1. The van der Waals surface area contributed by atoms with Gasteiger partial charge in [-0.2, -0.15) is 0 Å². The lowest BCUT2D eigenvalue weighted by Crippen LogP contribution is -2.46. The van der Waals surface area contributed by atoms with E-state index in [4.69, 9.17) is 5.73 Å². The first-order valence-electron chi connectivity index (χ1n) is 6.01. The van der Waals surface area contributed by atoms with E-state index in [-0.39, 0.29) is 12.5 Å². The molecule has 1 heterocycles. The van der Waals surface area contributed by atoms with Crippen molar-refractivity contribution in [3.05, 3.63) is 36.2 Å². The van der Waals surface area contributed by atoms with E-state index in [1.54, 1.807) is 44.3 Å². The highest BCUT2D eigenvalue weighted by atomic mass is 16.3.